The predicted molar refractivity (Wildman–Crippen MR) is 82.6 cm³/mol. The van der Waals surface area contributed by atoms with E-state index in [1.54, 1.807) is 30.7 Å². The molecule has 0 spiro atoms. The van der Waals surface area contributed by atoms with Gasteiger partial charge in [-0.25, -0.2) is 4.98 Å². The van der Waals surface area contributed by atoms with Crippen molar-refractivity contribution in [2.75, 3.05) is 0 Å². The minimum atomic E-state index is -0.325. The molecule has 0 unspecified atom stereocenters. The molecule has 0 saturated heterocycles. The Morgan fingerprint density at radius 2 is 2.09 bits per heavy atom. The molecule has 1 aliphatic carbocycles. The number of nitro groups is 1. The summed E-state index contributed by atoms with van der Waals surface area (Å²) in [5.41, 5.74) is 3.95. The van der Waals surface area contributed by atoms with Crippen LogP contribution in [0.3, 0.4) is 0 Å². The van der Waals surface area contributed by atoms with E-state index in [-0.39, 0.29) is 10.6 Å². The molecule has 6 nitrogen and oxygen atoms in total. The van der Waals surface area contributed by atoms with Crippen molar-refractivity contribution in [2.24, 2.45) is 0 Å². The number of benzene rings is 1. The second kappa shape index (κ2) is 4.62. The first-order valence-electron chi connectivity index (χ1n) is 7.21. The fourth-order valence-electron chi connectivity index (χ4n) is 2.80. The highest BCUT2D eigenvalue weighted by atomic mass is 16.6. The lowest BCUT2D eigenvalue weighted by Crippen LogP contribution is -1.96. The van der Waals surface area contributed by atoms with Gasteiger partial charge in [0.1, 0.15) is 0 Å². The molecule has 0 N–H and O–H groups in total. The van der Waals surface area contributed by atoms with Crippen molar-refractivity contribution in [2.45, 2.75) is 25.8 Å². The summed E-state index contributed by atoms with van der Waals surface area (Å²) in [7, 11) is 0. The van der Waals surface area contributed by atoms with Crippen molar-refractivity contribution in [1.82, 2.24) is 14.5 Å². The minimum absolute atomic E-state index is 0.112. The molecule has 6 heteroatoms. The first-order valence-corrected chi connectivity index (χ1v) is 7.21. The summed E-state index contributed by atoms with van der Waals surface area (Å²) in [6.07, 6.45) is 5.68. The number of fused-ring (bicyclic) bond motifs is 1. The van der Waals surface area contributed by atoms with E-state index in [1.165, 1.54) is 0 Å². The van der Waals surface area contributed by atoms with Crippen LogP contribution >= 0.6 is 0 Å². The van der Waals surface area contributed by atoms with Gasteiger partial charge in [0.15, 0.2) is 0 Å². The normalized spacial score (nSPS) is 14.4. The minimum Gasteiger partial charge on any atom is -0.327 e. The molecule has 3 aromatic rings. The Morgan fingerprint density at radius 1 is 1.27 bits per heavy atom. The molecule has 0 bridgehead atoms. The third-order valence-electron chi connectivity index (χ3n) is 4.04. The molecule has 0 atom stereocenters. The lowest BCUT2D eigenvalue weighted by atomic mass is 10.0. The summed E-state index contributed by atoms with van der Waals surface area (Å²) in [5.74, 6) is 0. The van der Waals surface area contributed by atoms with Gasteiger partial charge < -0.3 is 4.57 Å². The summed E-state index contributed by atoms with van der Waals surface area (Å²) in [6.45, 7) is 1.87. The molecule has 0 amide bonds. The van der Waals surface area contributed by atoms with E-state index in [0.29, 0.717) is 11.6 Å². The van der Waals surface area contributed by atoms with Crippen LogP contribution < -0.4 is 0 Å². The van der Waals surface area contributed by atoms with Crippen LogP contribution in [0.5, 0.6) is 0 Å². The maximum Gasteiger partial charge on any atom is 0.279 e. The molecule has 0 radical (unpaired) electrons. The van der Waals surface area contributed by atoms with Crippen LogP contribution in [0.4, 0.5) is 5.69 Å². The fourth-order valence-corrected chi connectivity index (χ4v) is 2.80. The van der Waals surface area contributed by atoms with Crippen molar-refractivity contribution >= 4 is 16.7 Å². The lowest BCUT2D eigenvalue weighted by molar-refractivity contribution is -0.384. The highest BCUT2D eigenvalue weighted by molar-refractivity contribution is 5.88. The molecule has 1 aromatic carbocycles. The number of aryl methyl sites for hydroxylation is 1. The lowest BCUT2D eigenvalue weighted by Gasteiger charge is -2.06. The van der Waals surface area contributed by atoms with E-state index >= 15 is 0 Å². The van der Waals surface area contributed by atoms with Crippen molar-refractivity contribution in [3.8, 4) is 11.1 Å². The van der Waals surface area contributed by atoms with Crippen LogP contribution in [0.2, 0.25) is 0 Å². The Hall–Kier alpha value is -2.76. The summed E-state index contributed by atoms with van der Waals surface area (Å²) in [5, 5.41) is 11.5. The van der Waals surface area contributed by atoms with Gasteiger partial charge in [-0.1, -0.05) is 0 Å². The Kier molecular flexibility index (Phi) is 2.72. The average Bonchev–Trinajstić information content (AvgIpc) is 3.26. The first kappa shape index (κ1) is 12.9. The van der Waals surface area contributed by atoms with Crippen molar-refractivity contribution in [3.05, 3.63) is 52.6 Å². The molecule has 1 fully saturated rings. The molecule has 1 saturated carbocycles. The van der Waals surface area contributed by atoms with Crippen molar-refractivity contribution in [1.29, 1.82) is 0 Å². The van der Waals surface area contributed by atoms with Gasteiger partial charge in [0, 0.05) is 24.0 Å². The molecule has 4 rings (SSSR count). The standard InChI is InChI=1S/C16H14N4O2/c1-10-6-11(4-5-17-10)13-7-14-16(8-15(13)20(21)22)19(9-18-14)12-2-3-12/h4-9,12H,2-3H2,1H3. The van der Waals surface area contributed by atoms with Crippen LogP contribution in [0.15, 0.2) is 36.8 Å². The van der Waals surface area contributed by atoms with Crippen molar-refractivity contribution < 1.29 is 4.92 Å². The zero-order valence-corrected chi connectivity index (χ0v) is 12.1. The molecule has 1 aliphatic rings. The molecule has 0 aliphatic heterocycles. The molecule has 2 aromatic heterocycles. The number of nitrogens with zero attached hydrogens (tertiary/aromatic N) is 4. The summed E-state index contributed by atoms with van der Waals surface area (Å²) >= 11 is 0. The average molecular weight is 294 g/mol. The van der Waals surface area contributed by atoms with Crippen LogP contribution in [0.25, 0.3) is 22.2 Å². The van der Waals surface area contributed by atoms with Gasteiger partial charge in [-0.05, 0) is 43.5 Å². The quantitative estimate of drug-likeness (QED) is 0.546. The number of pyridine rings is 1. The van der Waals surface area contributed by atoms with Crippen LogP contribution in [-0.2, 0) is 0 Å². The number of nitro benzene ring substituents is 1. The Morgan fingerprint density at radius 3 is 2.77 bits per heavy atom. The molecule has 110 valence electrons. The summed E-state index contributed by atoms with van der Waals surface area (Å²) < 4.78 is 2.05. The van der Waals surface area contributed by atoms with Gasteiger partial charge in [0.25, 0.3) is 5.69 Å². The number of aromatic nitrogens is 3. The molecular formula is C16H14N4O2. The van der Waals surface area contributed by atoms with Gasteiger partial charge in [-0.2, -0.15) is 0 Å². The molecule has 2 heterocycles. The third-order valence-corrected chi connectivity index (χ3v) is 4.04. The zero-order valence-electron chi connectivity index (χ0n) is 12.1. The SMILES string of the molecule is Cc1cc(-c2cc3ncn(C4CC4)c3cc2[N+](=O)[O-])ccn1. The molecular weight excluding hydrogens is 280 g/mol. The third kappa shape index (κ3) is 2.04. The first-order chi connectivity index (χ1) is 10.6. The zero-order chi connectivity index (χ0) is 15.3. The van der Waals surface area contributed by atoms with Crippen LogP contribution in [0.1, 0.15) is 24.6 Å². The monoisotopic (exact) mass is 294 g/mol. The summed E-state index contributed by atoms with van der Waals surface area (Å²) in [6, 6.07) is 7.54. The Balaban J connectivity index is 1.97. The van der Waals surface area contributed by atoms with E-state index in [2.05, 4.69) is 9.97 Å². The van der Waals surface area contributed by atoms with Crippen LogP contribution in [0, 0.1) is 17.0 Å². The smallest absolute Gasteiger partial charge is 0.279 e. The predicted octanol–water partition coefficient (Wildman–Crippen LogP) is 3.65. The van der Waals surface area contributed by atoms with E-state index in [4.69, 9.17) is 0 Å². The second-order valence-electron chi connectivity index (χ2n) is 5.68. The number of rotatable bonds is 3. The number of hydrogen-bond acceptors (Lipinski definition) is 4. The van der Waals surface area contributed by atoms with Crippen LogP contribution in [-0.4, -0.2) is 19.5 Å². The van der Waals surface area contributed by atoms with E-state index in [1.807, 2.05) is 17.6 Å². The van der Waals surface area contributed by atoms with Gasteiger partial charge in [-0.3, -0.25) is 15.1 Å². The largest absolute Gasteiger partial charge is 0.327 e. The maximum absolute atomic E-state index is 11.5. The maximum atomic E-state index is 11.5. The fraction of sp³-hybridized carbons (Fsp3) is 0.250. The van der Waals surface area contributed by atoms with E-state index < -0.39 is 0 Å². The second-order valence-corrected chi connectivity index (χ2v) is 5.68. The highest BCUT2D eigenvalue weighted by Gasteiger charge is 2.27. The van der Waals surface area contributed by atoms with Gasteiger partial charge in [0.05, 0.1) is 27.8 Å². The summed E-state index contributed by atoms with van der Waals surface area (Å²) in [4.78, 5) is 19.7. The van der Waals surface area contributed by atoms with Crippen molar-refractivity contribution in [3.63, 3.8) is 0 Å². The van der Waals surface area contributed by atoms with E-state index in [0.717, 1.165) is 35.1 Å². The van der Waals surface area contributed by atoms with Gasteiger partial charge in [0.2, 0.25) is 0 Å². The van der Waals surface area contributed by atoms with E-state index in [9.17, 15) is 10.1 Å². The molecule has 22 heavy (non-hydrogen) atoms. The Labute approximate surface area is 126 Å². The number of imidazole rings is 1. The number of hydrogen-bond donors (Lipinski definition) is 0. The Bertz CT molecular complexity index is 896. The topological polar surface area (TPSA) is 73.8 Å². The highest BCUT2D eigenvalue weighted by Crippen LogP contribution is 2.40. The van der Waals surface area contributed by atoms with Gasteiger partial charge in [-0.15, -0.1) is 0 Å². The van der Waals surface area contributed by atoms with Gasteiger partial charge >= 0.3 is 0 Å².